The predicted molar refractivity (Wildman–Crippen MR) is 87.4 cm³/mol. The van der Waals surface area contributed by atoms with E-state index in [1.165, 1.54) is 25.7 Å². The second kappa shape index (κ2) is 5.82. The van der Waals surface area contributed by atoms with Crippen molar-refractivity contribution in [2.45, 2.75) is 51.2 Å². The molecule has 0 spiro atoms. The summed E-state index contributed by atoms with van der Waals surface area (Å²) >= 11 is 0. The van der Waals surface area contributed by atoms with E-state index in [0.717, 1.165) is 18.6 Å². The topological polar surface area (TPSA) is 58.6 Å². The first kappa shape index (κ1) is 15.0. The molecule has 0 aromatic heterocycles. The molecule has 2 saturated carbocycles. The van der Waals surface area contributed by atoms with Gasteiger partial charge in [-0.3, -0.25) is 4.79 Å². The third-order valence-electron chi connectivity index (χ3n) is 6.15. The summed E-state index contributed by atoms with van der Waals surface area (Å²) in [6.07, 6.45) is 6.57. The van der Waals surface area contributed by atoms with Crippen LogP contribution in [-0.2, 0) is 4.74 Å². The molecule has 2 N–H and O–H groups in total. The average molecular weight is 315 g/mol. The highest BCUT2D eigenvalue weighted by molar-refractivity contribution is 5.96. The summed E-state index contributed by atoms with van der Waals surface area (Å²) in [6, 6.07) is 5.22. The molecule has 3 fully saturated rings. The van der Waals surface area contributed by atoms with E-state index in [0.29, 0.717) is 29.4 Å². The molecule has 124 valence electrons. The number of fused-ring (bicyclic) bond motifs is 1. The van der Waals surface area contributed by atoms with Crippen molar-refractivity contribution in [2.24, 2.45) is 17.8 Å². The van der Waals surface area contributed by atoms with Crippen molar-refractivity contribution < 1.29 is 14.6 Å². The molecule has 4 nitrogen and oxygen atoms in total. The number of nitrogens with one attached hydrogen (secondary N) is 1. The number of phenolic OH excluding ortho intramolecular Hbond substituents is 1. The van der Waals surface area contributed by atoms with Crippen molar-refractivity contribution in [3.05, 3.63) is 29.3 Å². The van der Waals surface area contributed by atoms with Gasteiger partial charge in [-0.1, -0.05) is 31.7 Å². The summed E-state index contributed by atoms with van der Waals surface area (Å²) in [4.78, 5) is 12.7. The van der Waals surface area contributed by atoms with E-state index < -0.39 is 0 Å². The lowest BCUT2D eigenvalue weighted by Gasteiger charge is -2.50. The third-order valence-corrected chi connectivity index (χ3v) is 6.15. The molecule has 0 bridgehead atoms. The maximum absolute atomic E-state index is 12.7. The Labute approximate surface area is 137 Å². The van der Waals surface area contributed by atoms with Crippen LogP contribution in [0.3, 0.4) is 0 Å². The van der Waals surface area contributed by atoms with E-state index in [-0.39, 0.29) is 17.7 Å². The minimum atomic E-state index is -0.0586. The standard InChI is InChI=1S/C19H25NO3/c1-11-6-7-13(21)10-15(11)19(22)20-17-14-8-9-23-18(14)16(17)12-4-2-3-5-12/h6-7,10,12,14,16-18,21H,2-5,8-9H2,1H3,(H,20,22)/t14-,16+,17+,18-/m1/s1. The molecule has 1 aromatic rings. The van der Waals surface area contributed by atoms with Gasteiger partial charge in [0.05, 0.1) is 6.10 Å². The van der Waals surface area contributed by atoms with Crippen molar-refractivity contribution in [3.8, 4) is 5.75 Å². The van der Waals surface area contributed by atoms with E-state index in [1.54, 1.807) is 18.2 Å². The van der Waals surface area contributed by atoms with Gasteiger partial charge in [0.1, 0.15) is 5.75 Å². The Hall–Kier alpha value is -1.55. The van der Waals surface area contributed by atoms with Crippen LogP contribution in [0.2, 0.25) is 0 Å². The molecule has 2 aliphatic carbocycles. The Morgan fingerprint density at radius 1 is 1.26 bits per heavy atom. The zero-order valence-electron chi connectivity index (χ0n) is 13.6. The molecule has 4 atom stereocenters. The molecule has 1 amide bonds. The van der Waals surface area contributed by atoms with Crippen molar-refractivity contribution in [2.75, 3.05) is 6.61 Å². The number of rotatable bonds is 3. The molecule has 23 heavy (non-hydrogen) atoms. The van der Waals surface area contributed by atoms with Crippen LogP contribution in [0, 0.1) is 24.7 Å². The van der Waals surface area contributed by atoms with Crippen molar-refractivity contribution in [1.82, 2.24) is 5.32 Å². The number of aromatic hydroxyl groups is 1. The highest BCUT2D eigenvalue weighted by Gasteiger charge is 2.57. The fourth-order valence-corrected chi connectivity index (χ4v) is 4.94. The Bertz CT molecular complexity index is 604. The lowest BCUT2D eigenvalue weighted by atomic mass is 9.61. The first-order valence-corrected chi connectivity index (χ1v) is 8.87. The van der Waals surface area contributed by atoms with E-state index >= 15 is 0 Å². The monoisotopic (exact) mass is 315 g/mol. The molecule has 3 aliphatic rings. The number of phenols is 1. The molecule has 0 radical (unpaired) electrons. The molecule has 1 aromatic carbocycles. The van der Waals surface area contributed by atoms with Gasteiger partial charge in [0.15, 0.2) is 0 Å². The van der Waals surface area contributed by atoms with E-state index in [4.69, 9.17) is 4.74 Å². The number of carbonyl (C=O) groups is 1. The molecular formula is C19H25NO3. The van der Waals surface area contributed by atoms with Crippen LogP contribution < -0.4 is 5.32 Å². The fourth-order valence-electron chi connectivity index (χ4n) is 4.94. The second-order valence-corrected chi connectivity index (χ2v) is 7.41. The molecule has 4 rings (SSSR count). The van der Waals surface area contributed by atoms with Crippen LogP contribution in [-0.4, -0.2) is 29.8 Å². The molecular weight excluding hydrogens is 290 g/mol. The molecule has 1 aliphatic heterocycles. The maximum Gasteiger partial charge on any atom is 0.251 e. The Morgan fingerprint density at radius 3 is 2.83 bits per heavy atom. The summed E-state index contributed by atoms with van der Waals surface area (Å²) in [5.41, 5.74) is 1.48. The molecule has 0 unspecified atom stereocenters. The van der Waals surface area contributed by atoms with Gasteiger partial charge in [0.25, 0.3) is 5.91 Å². The van der Waals surface area contributed by atoms with Crippen LogP contribution in [0.15, 0.2) is 18.2 Å². The summed E-state index contributed by atoms with van der Waals surface area (Å²) in [7, 11) is 0. The Kier molecular flexibility index (Phi) is 3.80. The van der Waals surface area contributed by atoms with Crippen LogP contribution in [0.25, 0.3) is 0 Å². The lowest BCUT2D eigenvalue weighted by molar-refractivity contribution is -0.0784. The van der Waals surface area contributed by atoms with Crippen molar-refractivity contribution >= 4 is 5.91 Å². The highest BCUT2D eigenvalue weighted by Crippen LogP contribution is 2.51. The van der Waals surface area contributed by atoms with Gasteiger partial charge in [-0.25, -0.2) is 0 Å². The minimum absolute atomic E-state index is 0.0586. The number of amides is 1. The SMILES string of the molecule is Cc1ccc(O)cc1C(=O)N[C@H]1[C@H]2CCO[C@H]2[C@H]1C1CCCC1. The summed E-state index contributed by atoms with van der Waals surface area (Å²) in [6.45, 7) is 2.74. The number of benzene rings is 1. The van der Waals surface area contributed by atoms with Gasteiger partial charge in [0, 0.05) is 30.0 Å². The number of ether oxygens (including phenoxy) is 1. The number of carbonyl (C=O) groups excluding carboxylic acids is 1. The first-order chi connectivity index (χ1) is 11.1. The van der Waals surface area contributed by atoms with Crippen molar-refractivity contribution in [3.63, 3.8) is 0 Å². The van der Waals surface area contributed by atoms with Crippen LogP contribution in [0.1, 0.15) is 48.0 Å². The Balaban J connectivity index is 1.52. The van der Waals surface area contributed by atoms with Crippen LogP contribution in [0.4, 0.5) is 0 Å². The fraction of sp³-hybridized carbons (Fsp3) is 0.632. The van der Waals surface area contributed by atoms with Gasteiger partial charge in [-0.2, -0.15) is 0 Å². The van der Waals surface area contributed by atoms with Crippen LogP contribution >= 0.6 is 0 Å². The van der Waals surface area contributed by atoms with Crippen molar-refractivity contribution in [1.29, 1.82) is 0 Å². The van der Waals surface area contributed by atoms with Gasteiger partial charge in [0.2, 0.25) is 0 Å². The smallest absolute Gasteiger partial charge is 0.251 e. The quantitative estimate of drug-likeness (QED) is 0.901. The Morgan fingerprint density at radius 2 is 2.04 bits per heavy atom. The molecule has 1 saturated heterocycles. The number of hydrogen-bond acceptors (Lipinski definition) is 3. The van der Waals surface area contributed by atoms with Gasteiger partial charge >= 0.3 is 0 Å². The normalized spacial score (nSPS) is 33.3. The lowest BCUT2D eigenvalue weighted by Crippen LogP contribution is -2.63. The first-order valence-electron chi connectivity index (χ1n) is 8.87. The largest absolute Gasteiger partial charge is 0.508 e. The summed E-state index contributed by atoms with van der Waals surface area (Å²) < 4.78 is 5.95. The zero-order valence-corrected chi connectivity index (χ0v) is 13.6. The zero-order chi connectivity index (χ0) is 16.0. The second-order valence-electron chi connectivity index (χ2n) is 7.41. The van der Waals surface area contributed by atoms with E-state index in [2.05, 4.69) is 5.32 Å². The highest BCUT2D eigenvalue weighted by atomic mass is 16.5. The van der Waals surface area contributed by atoms with E-state index in [9.17, 15) is 9.90 Å². The molecule has 1 heterocycles. The number of hydrogen-bond donors (Lipinski definition) is 2. The van der Waals surface area contributed by atoms with Gasteiger partial charge in [-0.15, -0.1) is 0 Å². The summed E-state index contributed by atoms with van der Waals surface area (Å²) in [5, 5.41) is 12.9. The average Bonchev–Trinajstić information content (AvgIpc) is 3.18. The van der Waals surface area contributed by atoms with Gasteiger partial charge in [-0.05, 0) is 37.0 Å². The van der Waals surface area contributed by atoms with E-state index in [1.807, 2.05) is 6.92 Å². The van der Waals surface area contributed by atoms with Crippen LogP contribution in [0.5, 0.6) is 5.75 Å². The molecule has 4 heteroatoms. The summed E-state index contributed by atoms with van der Waals surface area (Å²) in [5.74, 6) is 1.74. The number of aryl methyl sites for hydroxylation is 1. The van der Waals surface area contributed by atoms with Gasteiger partial charge < -0.3 is 15.2 Å². The maximum atomic E-state index is 12.7. The predicted octanol–water partition coefficient (Wildman–Crippen LogP) is 3.02. The third kappa shape index (κ3) is 2.53. The minimum Gasteiger partial charge on any atom is -0.508 e.